The van der Waals surface area contributed by atoms with Gasteiger partial charge >= 0.3 is 6.03 Å². The van der Waals surface area contributed by atoms with Crippen molar-refractivity contribution in [1.82, 2.24) is 20.1 Å². The molecule has 9 nitrogen and oxygen atoms in total. The molecular weight excluding hydrogens is 370 g/mol. The summed E-state index contributed by atoms with van der Waals surface area (Å²) >= 11 is 1.16. The zero-order valence-electron chi connectivity index (χ0n) is 14.6. The molecule has 3 amide bonds. The van der Waals surface area contributed by atoms with Crippen molar-refractivity contribution in [3.8, 4) is 11.5 Å². The maximum atomic E-state index is 11.9. The first kappa shape index (κ1) is 18.8. The second-order valence-electron chi connectivity index (χ2n) is 5.72. The van der Waals surface area contributed by atoms with E-state index in [4.69, 9.17) is 15.2 Å². The van der Waals surface area contributed by atoms with E-state index in [9.17, 15) is 9.59 Å². The fraction of sp³-hybridized carbons (Fsp3) is 0.294. The molecule has 10 heteroatoms. The highest BCUT2D eigenvalue weighted by Gasteiger charge is 2.29. The van der Waals surface area contributed by atoms with E-state index in [0.29, 0.717) is 29.0 Å². The molecule has 0 unspecified atom stereocenters. The van der Waals surface area contributed by atoms with E-state index in [1.807, 2.05) is 24.3 Å². The monoisotopic (exact) mass is 389 g/mol. The van der Waals surface area contributed by atoms with Crippen LogP contribution in [-0.4, -0.2) is 38.6 Å². The second kappa shape index (κ2) is 8.12. The van der Waals surface area contributed by atoms with E-state index in [1.165, 1.54) is 0 Å². The Morgan fingerprint density at radius 3 is 2.89 bits per heavy atom. The first-order chi connectivity index (χ1) is 13.0. The van der Waals surface area contributed by atoms with Crippen LogP contribution in [0.3, 0.4) is 0 Å². The van der Waals surface area contributed by atoms with Gasteiger partial charge in [-0.2, -0.15) is 0 Å². The van der Waals surface area contributed by atoms with Gasteiger partial charge in [-0.15, -0.1) is 16.8 Å². The Hall–Kier alpha value is -3.01. The number of primary amides is 1. The summed E-state index contributed by atoms with van der Waals surface area (Å²) in [6.07, 6.45) is 1.25. The van der Waals surface area contributed by atoms with E-state index in [-0.39, 0.29) is 6.61 Å². The number of para-hydroxylation sites is 2. The molecule has 0 saturated carbocycles. The van der Waals surface area contributed by atoms with Gasteiger partial charge in [-0.1, -0.05) is 30.0 Å². The van der Waals surface area contributed by atoms with E-state index < -0.39 is 23.3 Å². The van der Waals surface area contributed by atoms with E-state index in [0.717, 1.165) is 11.8 Å². The molecule has 1 aromatic heterocycles. The number of amides is 3. The summed E-state index contributed by atoms with van der Waals surface area (Å²) in [5, 5.41) is 10.3. The summed E-state index contributed by atoms with van der Waals surface area (Å²) in [6, 6.07) is 6.49. The molecule has 0 bridgehead atoms. The molecule has 2 heterocycles. The number of rotatable bonds is 6. The van der Waals surface area contributed by atoms with Crippen LogP contribution in [0.2, 0.25) is 0 Å². The molecule has 1 aliphatic rings. The predicted molar refractivity (Wildman–Crippen MR) is 98.6 cm³/mol. The van der Waals surface area contributed by atoms with Crippen molar-refractivity contribution in [2.24, 2.45) is 5.73 Å². The lowest BCUT2D eigenvalue weighted by molar-refractivity contribution is -0.119. The lowest BCUT2D eigenvalue weighted by Crippen LogP contribution is -2.39. The lowest BCUT2D eigenvalue weighted by Gasteiger charge is -2.26. The highest BCUT2D eigenvalue weighted by molar-refractivity contribution is 8.00. The largest absolute Gasteiger partial charge is 0.485 e. The van der Waals surface area contributed by atoms with Crippen LogP contribution >= 0.6 is 11.8 Å². The molecule has 0 spiro atoms. The SMILES string of the molecule is C=CCn1c(S[C@@H](C)C(=O)NC(N)=O)nnc1[C@@H]1COc2ccccc2O1. The predicted octanol–water partition coefficient (Wildman–Crippen LogP) is 1.65. The summed E-state index contributed by atoms with van der Waals surface area (Å²) in [4.78, 5) is 22.8. The maximum absolute atomic E-state index is 11.9. The minimum absolute atomic E-state index is 0.286. The Bertz CT molecular complexity index is 869. The van der Waals surface area contributed by atoms with Crippen LogP contribution in [0, 0.1) is 0 Å². The number of ether oxygens (including phenoxy) is 2. The fourth-order valence-corrected chi connectivity index (χ4v) is 3.37. The molecule has 3 rings (SSSR count). The third-order valence-corrected chi connectivity index (χ3v) is 4.83. The lowest BCUT2D eigenvalue weighted by atomic mass is 10.2. The van der Waals surface area contributed by atoms with Crippen molar-refractivity contribution in [1.29, 1.82) is 0 Å². The van der Waals surface area contributed by atoms with Crippen molar-refractivity contribution in [3.05, 3.63) is 42.7 Å². The van der Waals surface area contributed by atoms with Gasteiger partial charge in [-0.25, -0.2) is 4.79 Å². The molecule has 1 aliphatic heterocycles. The highest BCUT2D eigenvalue weighted by atomic mass is 32.2. The maximum Gasteiger partial charge on any atom is 0.318 e. The summed E-state index contributed by atoms with van der Waals surface area (Å²) in [6.45, 7) is 6.11. The normalized spacial score (nSPS) is 16.4. The van der Waals surface area contributed by atoms with Gasteiger partial charge in [-0.05, 0) is 19.1 Å². The fourth-order valence-electron chi connectivity index (χ4n) is 2.51. The van der Waals surface area contributed by atoms with Gasteiger partial charge in [0.05, 0.1) is 5.25 Å². The number of hydrogen-bond acceptors (Lipinski definition) is 7. The topological polar surface area (TPSA) is 121 Å². The molecule has 2 aromatic rings. The van der Waals surface area contributed by atoms with Crippen LogP contribution in [-0.2, 0) is 11.3 Å². The van der Waals surface area contributed by atoms with Crippen LogP contribution in [0.25, 0.3) is 0 Å². The molecular formula is C17H19N5O4S. The van der Waals surface area contributed by atoms with Crippen LogP contribution in [0.1, 0.15) is 18.9 Å². The Morgan fingerprint density at radius 2 is 2.19 bits per heavy atom. The van der Waals surface area contributed by atoms with E-state index >= 15 is 0 Å². The number of aromatic nitrogens is 3. The van der Waals surface area contributed by atoms with Gasteiger partial charge in [0.2, 0.25) is 5.91 Å². The van der Waals surface area contributed by atoms with Crippen molar-refractivity contribution in [2.45, 2.75) is 30.0 Å². The number of carbonyl (C=O) groups is 2. The number of fused-ring (bicyclic) bond motifs is 1. The van der Waals surface area contributed by atoms with Gasteiger partial charge in [0.15, 0.2) is 28.6 Å². The smallest absolute Gasteiger partial charge is 0.318 e. The summed E-state index contributed by atoms with van der Waals surface area (Å²) in [7, 11) is 0. The number of urea groups is 1. The molecule has 2 atom stereocenters. The molecule has 0 fully saturated rings. The Kier molecular flexibility index (Phi) is 5.65. The molecule has 0 saturated heterocycles. The van der Waals surface area contributed by atoms with Gasteiger partial charge in [0, 0.05) is 6.54 Å². The number of nitrogens with one attached hydrogen (secondary N) is 1. The number of imide groups is 1. The van der Waals surface area contributed by atoms with Gasteiger partial charge in [0.25, 0.3) is 0 Å². The molecule has 0 radical (unpaired) electrons. The van der Waals surface area contributed by atoms with Crippen molar-refractivity contribution >= 4 is 23.7 Å². The second-order valence-corrected chi connectivity index (χ2v) is 7.03. The minimum Gasteiger partial charge on any atom is -0.485 e. The number of nitrogens with zero attached hydrogens (tertiary/aromatic N) is 3. The quantitative estimate of drug-likeness (QED) is 0.569. The zero-order valence-corrected chi connectivity index (χ0v) is 15.4. The van der Waals surface area contributed by atoms with Gasteiger partial charge < -0.3 is 15.2 Å². The number of hydrogen-bond donors (Lipinski definition) is 2. The number of benzene rings is 1. The summed E-state index contributed by atoms with van der Waals surface area (Å²) < 4.78 is 13.5. The molecule has 142 valence electrons. The number of carbonyl (C=O) groups excluding carboxylic acids is 2. The van der Waals surface area contributed by atoms with E-state index in [2.05, 4.69) is 22.1 Å². The average molecular weight is 389 g/mol. The number of thioether (sulfide) groups is 1. The first-order valence-corrected chi connectivity index (χ1v) is 9.07. The zero-order chi connectivity index (χ0) is 19.4. The Balaban J connectivity index is 1.80. The first-order valence-electron chi connectivity index (χ1n) is 8.19. The number of allylic oxidation sites excluding steroid dienone is 1. The third-order valence-electron chi connectivity index (χ3n) is 3.75. The summed E-state index contributed by atoms with van der Waals surface area (Å²) in [5.74, 6) is 1.36. The van der Waals surface area contributed by atoms with Crippen LogP contribution in [0.5, 0.6) is 11.5 Å². The Morgan fingerprint density at radius 1 is 1.44 bits per heavy atom. The summed E-state index contributed by atoms with van der Waals surface area (Å²) in [5.41, 5.74) is 4.99. The Labute approximate surface area is 159 Å². The molecule has 27 heavy (non-hydrogen) atoms. The van der Waals surface area contributed by atoms with Crippen LogP contribution < -0.4 is 20.5 Å². The van der Waals surface area contributed by atoms with E-state index in [1.54, 1.807) is 17.6 Å². The minimum atomic E-state index is -0.896. The van der Waals surface area contributed by atoms with Crippen molar-refractivity contribution in [3.63, 3.8) is 0 Å². The molecule has 3 N–H and O–H groups in total. The van der Waals surface area contributed by atoms with Crippen molar-refractivity contribution < 1.29 is 19.1 Å². The molecule has 0 aliphatic carbocycles. The molecule has 1 aromatic carbocycles. The van der Waals surface area contributed by atoms with Crippen LogP contribution in [0.15, 0.2) is 42.1 Å². The standard InChI is InChI=1S/C17H19N5O4S/c1-3-8-22-14(13-9-25-11-6-4-5-7-12(11)26-13)20-21-17(22)27-10(2)15(23)19-16(18)24/h3-7,10,13H,1,8-9H2,2H3,(H3,18,19,23,24)/t10-,13-/m0/s1. The van der Waals surface area contributed by atoms with Gasteiger partial charge in [0.1, 0.15) is 6.61 Å². The van der Waals surface area contributed by atoms with Gasteiger partial charge in [-0.3, -0.25) is 14.7 Å². The van der Waals surface area contributed by atoms with Crippen LogP contribution in [0.4, 0.5) is 4.79 Å². The third kappa shape index (κ3) is 4.22. The number of nitrogens with two attached hydrogens (primary N) is 1. The van der Waals surface area contributed by atoms with Crippen molar-refractivity contribution in [2.75, 3.05) is 6.61 Å². The average Bonchev–Trinajstić information content (AvgIpc) is 3.03. The highest BCUT2D eigenvalue weighted by Crippen LogP contribution is 2.36.